The molecule has 0 aromatic carbocycles. The van der Waals surface area contributed by atoms with Gasteiger partial charge in [-0.05, 0) is 49.3 Å². The molecule has 0 unspecified atom stereocenters. The van der Waals surface area contributed by atoms with E-state index in [-0.39, 0.29) is 11.9 Å². The van der Waals surface area contributed by atoms with Gasteiger partial charge in [0.1, 0.15) is 0 Å². The molecule has 0 saturated heterocycles. The molecule has 1 fully saturated rings. The van der Waals surface area contributed by atoms with Crippen molar-refractivity contribution in [2.24, 2.45) is 5.92 Å². The quantitative estimate of drug-likeness (QED) is 0.834. The number of nitrogens with one attached hydrogen (secondary N) is 1. The molecule has 1 aliphatic rings. The van der Waals surface area contributed by atoms with E-state index in [0.29, 0.717) is 11.1 Å². The molecule has 1 aliphatic carbocycles. The van der Waals surface area contributed by atoms with Crippen molar-refractivity contribution in [2.75, 3.05) is 0 Å². The molecule has 2 rings (SSSR count). The lowest BCUT2D eigenvalue weighted by Gasteiger charge is -2.26. The summed E-state index contributed by atoms with van der Waals surface area (Å²) in [7, 11) is 0. The molecular formula is C16H20N2O3. The van der Waals surface area contributed by atoms with E-state index in [0.717, 1.165) is 37.7 Å². The van der Waals surface area contributed by atoms with Crippen molar-refractivity contribution in [3.8, 4) is 0 Å². The number of carboxylic acid groups (broad SMARTS) is 1. The monoisotopic (exact) mass is 288 g/mol. The molecule has 0 spiro atoms. The highest BCUT2D eigenvalue weighted by Crippen LogP contribution is 2.23. The Bertz CT molecular complexity index is 546. The van der Waals surface area contributed by atoms with Crippen LogP contribution in [-0.4, -0.2) is 28.0 Å². The first kappa shape index (κ1) is 15.2. The lowest BCUT2D eigenvalue weighted by molar-refractivity contribution is -0.131. The predicted octanol–water partition coefficient (Wildman–Crippen LogP) is 2.49. The van der Waals surface area contributed by atoms with E-state index < -0.39 is 5.97 Å². The SMILES string of the molecule is CC1CCC(NC(=O)c2cncc(C=CC(=O)O)c2)CC1. The second-order valence-electron chi connectivity index (χ2n) is 5.61. The van der Waals surface area contributed by atoms with Gasteiger partial charge in [-0.25, -0.2) is 4.79 Å². The van der Waals surface area contributed by atoms with Gasteiger partial charge in [0.15, 0.2) is 0 Å². The molecular weight excluding hydrogens is 268 g/mol. The number of aliphatic carboxylic acids is 1. The summed E-state index contributed by atoms with van der Waals surface area (Å²) >= 11 is 0. The van der Waals surface area contributed by atoms with E-state index in [1.165, 1.54) is 18.5 Å². The highest BCUT2D eigenvalue weighted by molar-refractivity contribution is 5.95. The lowest BCUT2D eigenvalue weighted by Crippen LogP contribution is -2.37. The van der Waals surface area contributed by atoms with E-state index in [9.17, 15) is 9.59 Å². The number of amides is 1. The third kappa shape index (κ3) is 4.70. The van der Waals surface area contributed by atoms with Crippen LogP contribution in [-0.2, 0) is 4.79 Å². The van der Waals surface area contributed by atoms with Crippen molar-refractivity contribution in [1.29, 1.82) is 0 Å². The number of hydrogen-bond acceptors (Lipinski definition) is 3. The Labute approximate surface area is 124 Å². The van der Waals surface area contributed by atoms with Crippen molar-refractivity contribution >= 4 is 18.0 Å². The van der Waals surface area contributed by atoms with Crippen molar-refractivity contribution in [3.63, 3.8) is 0 Å². The summed E-state index contributed by atoms with van der Waals surface area (Å²) in [6, 6.07) is 1.87. The van der Waals surface area contributed by atoms with Gasteiger partial charge in [-0.2, -0.15) is 0 Å². The van der Waals surface area contributed by atoms with Crippen LogP contribution < -0.4 is 5.32 Å². The van der Waals surface area contributed by atoms with Crippen molar-refractivity contribution < 1.29 is 14.7 Å². The molecule has 2 N–H and O–H groups in total. The smallest absolute Gasteiger partial charge is 0.328 e. The number of rotatable bonds is 4. The Balaban J connectivity index is 1.99. The van der Waals surface area contributed by atoms with Gasteiger partial charge in [-0.3, -0.25) is 9.78 Å². The zero-order chi connectivity index (χ0) is 15.2. The molecule has 1 aromatic rings. The van der Waals surface area contributed by atoms with Gasteiger partial charge < -0.3 is 10.4 Å². The van der Waals surface area contributed by atoms with E-state index in [1.54, 1.807) is 6.07 Å². The molecule has 1 aromatic heterocycles. The molecule has 21 heavy (non-hydrogen) atoms. The third-order valence-electron chi connectivity index (χ3n) is 3.79. The van der Waals surface area contributed by atoms with E-state index in [4.69, 9.17) is 5.11 Å². The second-order valence-corrected chi connectivity index (χ2v) is 5.61. The van der Waals surface area contributed by atoms with Crippen LogP contribution in [0.3, 0.4) is 0 Å². The molecule has 5 nitrogen and oxygen atoms in total. The standard InChI is InChI=1S/C16H20N2O3/c1-11-2-5-14(6-3-11)18-16(21)13-8-12(9-17-10-13)4-7-15(19)20/h4,7-11,14H,2-3,5-6H2,1H3,(H,18,21)(H,19,20). The first-order valence-corrected chi connectivity index (χ1v) is 7.21. The summed E-state index contributed by atoms with van der Waals surface area (Å²) < 4.78 is 0. The Morgan fingerprint density at radius 1 is 1.29 bits per heavy atom. The van der Waals surface area contributed by atoms with Gasteiger partial charge in [0, 0.05) is 24.5 Å². The van der Waals surface area contributed by atoms with Crippen LogP contribution in [0.1, 0.15) is 48.5 Å². The van der Waals surface area contributed by atoms with Crippen LogP contribution in [0.25, 0.3) is 6.08 Å². The first-order valence-electron chi connectivity index (χ1n) is 7.21. The largest absolute Gasteiger partial charge is 0.478 e. The topological polar surface area (TPSA) is 79.3 Å². The molecule has 1 heterocycles. The molecule has 1 saturated carbocycles. The second kappa shape index (κ2) is 7.02. The summed E-state index contributed by atoms with van der Waals surface area (Å²) in [6.45, 7) is 2.24. The van der Waals surface area contributed by atoms with E-state index in [1.807, 2.05) is 0 Å². The van der Waals surface area contributed by atoms with Gasteiger partial charge >= 0.3 is 5.97 Å². The third-order valence-corrected chi connectivity index (χ3v) is 3.79. The predicted molar refractivity (Wildman–Crippen MR) is 79.8 cm³/mol. The maximum Gasteiger partial charge on any atom is 0.328 e. The number of pyridine rings is 1. The summed E-state index contributed by atoms with van der Waals surface area (Å²) in [4.78, 5) is 26.7. The molecule has 0 radical (unpaired) electrons. The fraction of sp³-hybridized carbons (Fsp3) is 0.438. The maximum atomic E-state index is 12.2. The molecule has 1 amide bonds. The van der Waals surface area contributed by atoms with Crippen LogP contribution in [0.4, 0.5) is 0 Å². The van der Waals surface area contributed by atoms with Gasteiger partial charge in [0.2, 0.25) is 0 Å². The fourth-order valence-corrected chi connectivity index (χ4v) is 2.51. The minimum Gasteiger partial charge on any atom is -0.478 e. The van der Waals surface area contributed by atoms with E-state index >= 15 is 0 Å². The zero-order valence-corrected chi connectivity index (χ0v) is 12.1. The van der Waals surface area contributed by atoms with Crippen LogP contribution >= 0.6 is 0 Å². The average Bonchev–Trinajstić information content (AvgIpc) is 2.48. The van der Waals surface area contributed by atoms with Crippen LogP contribution in [0.2, 0.25) is 0 Å². The van der Waals surface area contributed by atoms with Crippen molar-refractivity contribution in [3.05, 3.63) is 35.7 Å². The fourth-order valence-electron chi connectivity index (χ4n) is 2.51. The average molecular weight is 288 g/mol. The summed E-state index contributed by atoms with van der Waals surface area (Å²) in [5, 5.41) is 11.6. The van der Waals surface area contributed by atoms with Gasteiger partial charge in [0.05, 0.1) is 5.56 Å². The minimum atomic E-state index is -1.03. The minimum absolute atomic E-state index is 0.146. The van der Waals surface area contributed by atoms with Gasteiger partial charge in [0.25, 0.3) is 5.91 Å². The van der Waals surface area contributed by atoms with Gasteiger partial charge in [-0.1, -0.05) is 6.92 Å². The molecule has 0 bridgehead atoms. The number of carbonyl (C=O) groups excluding carboxylic acids is 1. The molecule has 0 atom stereocenters. The normalized spacial score (nSPS) is 22.1. The number of nitrogens with zero attached hydrogens (tertiary/aromatic N) is 1. The van der Waals surface area contributed by atoms with Crippen LogP contribution in [0.5, 0.6) is 0 Å². The van der Waals surface area contributed by atoms with Crippen LogP contribution in [0.15, 0.2) is 24.5 Å². The van der Waals surface area contributed by atoms with E-state index in [2.05, 4.69) is 17.2 Å². The summed E-state index contributed by atoms with van der Waals surface area (Å²) in [6.07, 6.45) is 9.79. The molecule has 5 heteroatoms. The van der Waals surface area contributed by atoms with Crippen molar-refractivity contribution in [1.82, 2.24) is 10.3 Å². The highest BCUT2D eigenvalue weighted by Gasteiger charge is 2.20. The van der Waals surface area contributed by atoms with Crippen LogP contribution in [0, 0.1) is 5.92 Å². The summed E-state index contributed by atoms with van der Waals surface area (Å²) in [5.41, 5.74) is 1.06. The number of hydrogen-bond donors (Lipinski definition) is 2. The molecule has 0 aliphatic heterocycles. The Morgan fingerprint density at radius 3 is 2.67 bits per heavy atom. The van der Waals surface area contributed by atoms with Gasteiger partial charge in [-0.15, -0.1) is 0 Å². The number of carboxylic acids is 1. The number of aromatic nitrogens is 1. The Morgan fingerprint density at radius 2 is 2.00 bits per heavy atom. The highest BCUT2D eigenvalue weighted by atomic mass is 16.4. The number of carbonyl (C=O) groups is 2. The maximum absolute atomic E-state index is 12.2. The summed E-state index contributed by atoms with van der Waals surface area (Å²) in [5.74, 6) is -0.432. The van der Waals surface area contributed by atoms with Crippen molar-refractivity contribution in [2.45, 2.75) is 38.6 Å². The lowest BCUT2D eigenvalue weighted by atomic mass is 9.87. The first-order chi connectivity index (χ1) is 10.0. The Hall–Kier alpha value is -2.17. The Kier molecular flexibility index (Phi) is 5.09. The zero-order valence-electron chi connectivity index (χ0n) is 12.1. The molecule has 112 valence electrons.